The number of aryl methyl sites for hydroxylation is 2. The first-order valence-electron chi connectivity index (χ1n) is 16.8. The predicted octanol–water partition coefficient (Wildman–Crippen LogP) is 7.49. The molecule has 238 valence electrons. The van der Waals surface area contributed by atoms with Gasteiger partial charge in [-0.05, 0) is 48.6 Å². The van der Waals surface area contributed by atoms with E-state index in [1.165, 1.54) is 12.8 Å². The van der Waals surface area contributed by atoms with Gasteiger partial charge in [0, 0.05) is 50.2 Å². The molecule has 0 unspecified atom stereocenters. The van der Waals surface area contributed by atoms with Crippen LogP contribution >= 0.6 is 22.7 Å². The van der Waals surface area contributed by atoms with Gasteiger partial charge in [0.2, 0.25) is 0 Å². The van der Waals surface area contributed by atoms with Crippen LogP contribution in [0.25, 0.3) is 11.4 Å². The predicted molar refractivity (Wildman–Crippen MR) is 185 cm³/mol. The average molecular weight is 653 g/mol. The Hall–Kier alpha value is -3.88. The van der Waals surface area contributed by atoms with Crippen LogP contribution in [0, 0.1) is 0 Å². The van der Waals surface area contributed by atoms with Crippen molar-refractivity contribution in [3.8, 4) is 0 Å². The van der Waals surface area contributed by atoms with E-state index in [-0.39, 0.29) is 11.8 Å². The molecule has 6 rings (SSSR count). The number of hydrogen-bond donors (Lipinski definition) is 0. The van der Waals surface area contributed by atoms with E-state index in [2.05, 4.69) is 58.2 Å². The van der Waals surface area contributed by atoms with Crippen LogP contribution in [0.1, 0.15) is 74.0 Å². The first-order valence-corrected chi connectivity index (χ1v) is 18.6. The van der Waals surface area contributed by atoms with Crippen LogP contribution in [0.15, 0.2) is 107 Å². The van der Waals surface area contributed by atoms with Crippen molar-refractivity contribution in [2.45, 2.75) is 77.3 Å². The largest absolute Gasteiger partial charge is 0.306 e. The molecule has 0 aliphatic carbocycles. The summed E-state index contributed by atoms with van der Waals surface area (Å²) in [4.78, 5) is 34.3. The Labute approximate surface area is 280 Å². The first-order chi connectivity index (χ1) is 22.7. The van der Waals surface area contributed by atoms with Crippen molar-refractivity contribution < 1.29 is 18.7 Å². The van der Waals surface area contributed by atoms with Gasteiger partial charge in [-0.1, -0.05) is 49.9 Å². The first kappa shape index (κ1) is 32.1. The fourth-order valence-electron chi connectivity index (χ4n) is 6.52. The number of carbonyl (C=O) groups is 2. The molecule has 4 aromatic rings. The minimum absolute atomic E-state index is 0.0171. The summed E-state index contributed by atoms with van der Waals surface area (Å²) < 4.78 is 4.46. The van der Waals surface area contributed by atoms with Gasteiger partial charge in [-0.25, -0.2) is 9.13 Å². The maximum Gasteiger partial charge on any atom is 0.261 e. The van der Waals surface area contributed by atoms with Crippen LogP contribution in [0.3, 0.4) is 0 Å². The number of aromatic nitrogens is 2. The van der Waals surface area contributed by atoms with Crippen molar-refractivity contribution in [2.24, 2.45) is 0 Å². The number of nitrogens with zero attached hydrogens (tertiary/aromatic N) is 4. The van der Waals surface area contributed by atoms with Gasteiger partial charge in [-0.2, -0.15) is 0 Å². The molecule has 4 aromatic heterocycles. The van der Waals surface area contributed by atoms with Crippen molar-refractivity contribution in [1.82, 2.24) is 9.80 Å². The topological polar surface area (TPSA) is 48.4 Å². The van der Waals surface area contributed by atoms with Gasteiger partial charge in [0.15, 0.2) is 24.8 Å². The number of amides is 2. The second-order valence-corrected chi connectivity index (χ2v) is 14.0. The maximum absolute atomic E-state index is 14.2. The van der Waals surface area contributed by atoms with Gasteiger partial charge in [0.05, 0.1) is 32.3 Å². The highest BCUT2D eigenvalue weighted by molar-refractivity contribution is 7.11. The Kier molecular flexibility index (Phi) is 11.2. The zero-order valence-corrected chi connectivity index (χ0v) is 28.2. The summed E-state index contributed by atoms with van der Waals surface area (Å²) in [7, 11) is 0. The van der Waals surface area contributed by atoms with Gasteiger partial charge in [-0.15, -0.1) is 22.7 Å². The summed E-state index contributed by atoms with van der Waals surface area (Å²) in [5.41, 5.74) is 2.84. The third kappa shape index (κ3) is 7.56. The summed E-state index contributed by atoms with van der Waals surface area (Å²) in [6.45, 7) is 3.34. The van der Waals surface area contributed by atoms with Crippen molar-refractivity contribution in [3.05, 3.63) is 117 Å². The van der Waals surface area contributed by atoms with Crippen LogP contribution in [-0.2, 0) is 22.7 Å². The number of thiophene rings is 2. The fourth-order valence-corrected chi connectivity index (χ4v) is 8.09. The number of carbonyl (C=O) groups excluding carboxylic acids is 2. The van der Waals surface area contributed by atoms with Gasteiger partial charge in [-0.3, -0.25) is 9.59 Å². The molecule has 2 amide bonds. The molecular weight excluding hydrogens is 609 g/mol. The number of unbranched alkanes of at least 4 members (excludes halogenated alkanes) is 8. The van der Waals surface area contributed by atoms with Crippen molar-refractivity contribution in [1.29, 1.82) is 0 Å². The lowest BCUT2D eigenvalue weighted by Crippen LogP contribution is -2.32. The van der Waals surface area contributed by atoms with Gasteiger partial charge in [0.1, 0.15) is 13.1 Å². The molecular formula is C38H44N4O2S2+2. The highest BCUT2D eigenvalue weighted by Crippen LogP contribution is 2.48. The molecule has 0 saturated carbocycles. The second-order valence-electron chi connectivity index (χ2n) is 12.1. The summed E-state index contributed by atoms with van der Waals surface area (Å²) in [5.74, 6) is -0.0342. The molecule has 0 bridgehead atoms. The molecule has 0 saturated heterocycles. The lowest BCUT2D eigenvalue weighted by Gasteiger charge is -2.24. The van der Waals surface area contributed by atoms with E-state index < -0.39 is 0 Å². The molecule has 0 spiro atoms. The van der Waals surface area contributed by atoms with Crippen LogP contribution in [0.4, 0.5) is 0 Å². The molecule has 8 heteroatoms. The molecule has 2 aliphatic heterocycles. The molecule has 6 nitrogen and oxygen atoms in total. The maximum atomic E-state index is 14.2. The van der Waals surface area contributed by atoms with Crippen LogP contribution < -0.4 is 9.13 Å². The number of hydrogen-bond acceptors (Lipinski definition) is 4. The monoisotopic (exact) mass is 652 g/mol. The van der Waals surface area contributed by atoms with Crippen LogP contribution in [-0.4, -0.2) is 34.7 Å². The van der Waals surface area contributed by atoms with E-state index in [4.69, 9.17) is 0 Å². The highest BCUT2D eigenvalue weighted by Gasteiger charge is 2.48. The lowest BCUT2D eigenvalue weighted by molar-refractivity contribution is -0.697. The molecule has 0 N–H and O–H groups in total. The fraction of sp³-hybridized carbons (Fsp3) is 0.368. The SMILES string of the molecule is O=C1C2=C(c3cccs3)N(CCCCCCC[n+]3ccccc3)C(=O)C2=C(c2cccs2)N1CCCCCCC[n+]1ccccc1. The van der Waals surface area contributed by atoms with Crippen molar-refractivity contribution in [3.63, 3.8) is 0 Å². The summed E-state index contributed by atoms with van der Waals surface area (Å²) in [6.07, 6.45) is 19.4. The van der Waals surface area contributed by atoms with E-state index in [9.17, 15) is 9.59 Å². The standard InChI is InChI=1S/C38H44N4O2S2/c43-37-34-33(35(31-19-17-29-45-31)41(37)27-15-5-1-3-9-21-39-23-11-7-12-24-39)38(44)42(36(34)32-20-18-30-46-32)28-16-6-2-4-10-22-40-25-13-8-14-26-40/h7-8,11-14,17-20,23-26,29-30H,1-6,9-10,15-16,21-22,27-28H2/q+2. The molecule has 0 atom stereocenters. The second kappa shape index (κ2) is 16.1. The lowest BCUT2D eigenvalue weighted by atomic mass is 10.1. The zero-order valence-electron chi connectivity index (χ0n) is 26.6. The summed E-state index contributed by atoms with van der Waals surface area (Å²) in [5, 5.41) is 4.07. The Morgan fingerprint density at radius 2 is 0.870 bits per heavy atom. The average Bonchev–Trinajstić information content (AvgIpc) is 3.90. The molecule has 0 fully saturated rings. The minimum atomic E-state index is -0.0171. The molecule has 2 aliphatic rings. The van der Waals surface area contributed by atoms with Crippen LogP contribution in [0.2, 0.25) is 0 Å². The normalized spacial score (nSPS) is 14.7. The van der Waals surface area contributed by atoms with E-state index in [1.54, 1.807) is 22.7 Å². The van der Waals surface area contributed by atoms with Crippen molar-refractivity contribution in [2.75, 3.05) is 13.1 Å². The van der Waals surface area contributed by atoms with Crippen molar-refractivity contribution >= 4 is 45.9 Å². The van der Waals surface area contributed by atoms with E-state index in [1.807, 2.05) is 57.0 Å². The quantitative estimate of drug-likeness (QED) is 0.0826. The third-order valence-electron chi connectivity index (χ3n) is 8.84. The Balaban J connectivity index is 1.09. The molecule has 0 aromatic carbocycles. The zero-order chi connectivity index (χ0) is 31.6. The summed E-state index contributed by atoms with van der Waals surface area (Å²) >= 11 is 3.21. The van der Waals surface area contributed by atoms with E-state index in [0.717, 1.165) is 85.6 Å². The number of fused-ring (bicyclic) bond motifs is 1. The van der Waals surface area contributed by atoms with E-state index >= 15 is 0 Å². The van der Waals surface area contributed by atoms with Crippen LogP contribution in [0.5, 0.6) is 0 Å². The molecule has 46 heavy (non-hydrogen) atoms. The van der Waals surface area contributed by atoms with E-state index in [0.29, 0.717) is 24.2 Å². The third-order valence-corrected chi connectivity index (χ3v) is 10.6. The Bertz CT molecular complexity index is 1510. The molecule has 0 radical (unpaired) electrons. The van der Waals surface area contributed by atoms with Gasteiger partial charge >= 0.3 is 0 Å². The summed E-state index contributed by atoms with van der Waals surface area (Å²) in [6, 6.07) is 20.5. The molecule has 6 heterocycles. The Morgan fingerprint density at radius 3 is 1.26 bits per heavy atom. The highest BCUT2D eigenvalue weighted by atomic mass is 32.1. The number of rotatable bonds is 18. The van der Waals surface area contributed by atoms with Gasteiger partial charge in [0.25, 0.3) is 11.8 Å². The number of pyridine rings is 2. The van der Waals surface area contributed by atoms with Gasteiger partial charge < -0.3 is 9.80 Å². The smallest absolute Gasteiger partial charge is 0.261 e. The Morgan fingerprint density at radius 1 is 0.478 bits per heavy atom. The minimum Gasteiger partial charge on any atom is -0.306 e.